The Balaban J connectivity index is 2.19. The third-order valence-electron chi connectivity index (χ3n) is 2.92. The van der Waals surface area contributed by atoms with Gasteiger partial charge in [0, 0.05) is 0 Å². The van der Waals surface area contributed by atoms with Gasteiger partial charge in [0.1, 0.15) is 18.2 Å². The van der Waals surface area contributed by atoms with Crippen LogP contribution in [0.3, 0.4) is 0 Å². The van der Waals surface area contributed by atoms with Crippen molar-refractivity contribution < 1.29 is 14.2 Å². The van der Waals surface area contributed by atoms with Crippen molar-refractivity contribution in [3.63, 3.8) is 0 Å². The number of aryl methyl sites for hydroxylation is 1. The fraction of sp³-hybridized carbons (Fsp3) is 0.200. The first-order valence-electron chi connectivity index (χ1n) is 5.98. The van der Waals surface area contributed by atoms with Crippen LogP contribution in [0.15, 0.2) is 39.3 Å². The van der Waals surface area contributed by atoms with Crippen molar-refractivity contribution in [1.82, 2.24) is 0 Å². The second-order valence-corrected chi connectivity index (χ2v) is 6.11. The summed E-state index contributed by atoms with van der Waals surface area (Å²) in [5, 5.41) is 9.13. The first-order valence-corrected chi connectivity index (χ1v) is 7.56. The minimum atomic E-state index is -0.249. The molecule has 0 aliphatic rings. The van der Waals surface area contributed by atoms with Crippen LogP contribution in [0, 0.1) is 12.7 Å². The molecule has 2 nitrogen and oxygen atoms in total. The monoisotopic (exact) mass is 402 g/mol. The van der Waals surface area contributed by atoms with E-state index in [1.165, 1.54) is 12.1 Å². The molecule has 0 bridgehead atoms. The summed E-state index contributed by atoms with van der Waals surface area (Å²) in [5.41, 5.74) is 2.56. The fourth-order valence-corrected chi connectivity index (χ4v) is 3.32. The molecule has 2 aromatic rings. The maximum absolute atomic E-state index is 13.0. The molecule has 5 heteroatoms. The lowest BCUT2D eigenvalue weighted by Crippen LogP contribution is -2.00. The van der Waals surface area contributed by atoms with Crippen LogP contribution >= 0.6 is 31.9 Å². The highest BCUT2D eigenvalue weighted by atomic mass is 79.9. The highest BCUT2D eigenvalue weighted by Gasteiger charge is 2.10. The van der Waals surface area contributed by atoms with Gasteiger partial charge >= 0.3 is 0 Å². The highest BCUT2D eigenvalue weighted by Crippen LogP contribution is 2.35. The molecule has 0 unspecified atom stereocenters. The molecule has 0 aliphatic heterocycles. The van der Waals surface area contributed by atoms with E-state index in [4.69, 9.17) is 9.84 Å². The molecule has 0 saturated carbocycles. The van der Waals surface area contributed by atoms with E-state index in [0.717, 1.165) is 25.6 Å². The van der Waals surface area contributed by atoms with Crippen molar-refractivity contribution in [3.05, 3.63) is 61.8 Å². The number of benzene rings is 2. The second kappa shape index (κ2) is 6.70. The Morgan fingerprint density at radius 3 is 2.35 bits per heavy atom. The molecule has 0 spiro atoms. The summed E-state index contributed by atoms with van der Waals surface area (Å²) in [4.78, 5) is 0. The molecule has 0 aromatic heterocycles. The molecule has 0 atom stereocenters. The Labute approximate surface area is 133 Å². The number of aliphatic hydroxyl groups is 1. The Morgan fingerprint density at radius 2 is 1.80 bits per heavy atom. The minimum Gasteiger partial charge on any atom is -0.487 e. The summed E-state index contributed by atoms with van der Waals surface area (Å²) >= 11 is 6.83. The van der Waals surface area contributed by atoms with Gasteiger partial charge in [0.2, 0.25) is 0 Å². The molecule has 0 amide bonds. The maximum Gasteiger partial charge on any atom is 0.148 e. The molecule has 2 rings (SSSR count). The fourth-order valence-electron chi connectivity index (χ4n) is 1.81. The van der Waals surface area contributed by atoms with Crippen molar-refractivity contribution in [2.75, 3.05) is 0 Å². The SMILES string of the molecule is Cc1cc(F)ccc1COc1c(Br)cc(CO)cc1Br. The molecule has 0 fully saturated rings. The molecular weight excluding hydrogens is 391 g/mol. The average molecular weight is 404 g/mol. The quantitative estimate of drug-likeness (QED) is 0.799. The maximum atomic E-state index is 13.0. The molecule has 106 valence electrons. The molecule has 0 heterocycles. The van der Waals surface area contributed by atoms with Gasteiger partial charge in [-0.3, -0.25) is 0 Å². The summed E-state index contributed by atoms with van der Waals surface area (Å²) in [7, 11) is 0. The summed E-state index contributed by atoms with van der Waals surface area (Å²) in [6, 6.07) is 8.23. The van der Waals surface area contributed by atoms with Gasteiger partial charge < -0.3 is 9.84 Å². The molecule has 1 N–H and O–H groups in total. The zero-order chi connectivity index (χ0) is 14.7. The van der Waals surface area contributed by atoms with Crippen molar-refractivity contribution >= 4 is 31.9 Å². The van der Waals surface area contributed by atoms with Crippen molar-refractivity contribution in [2.45, 2.75) is 20.1 Å². The van der Waals surface area contributed by atoms with Crippen LogP contribution in [0.25, 0.3) is 0 Å². The van der Waals surface area contributed by atoms with Gasteiger partial charge in [-0.05, 0) is 79.7 Å². The van der Waals surface area contributed by atoms with Gasteiger partial charge in [0.05, 0.1) is 15.6 Å². The first kappa shape index (κ1) is 15.5. The Morgan fingerprint density at radius 1 is 1.15 bits per heavy atom. The lowest BCUT2D eigenvalue weighted by atomic mass is 10.1. The third kappa shape index (κ3) is 3.59. The number of halogens is 3. The Hall–Kier alpha value is -0.910. The van der Waals surface area contributed by atoms with E-state index in [-0.39, 0.29) is 12.4 Å². The van der Waals surface area contributed by atoms with Crippen LogP contribution in [-0.2, 0) is 13.2 Å². The van der Waals surface area contributed by atoms with E-state index in [9.17, 15) is 4.39 Å². The number of ether oxygens (including phenoxy) is 1. The van der Waals surface area contributed by atoms with Gasteiger partial charge in [0.25, 0.3) is 0 Å². The minimum absolute atomic E-state index is 0.0332. The first-order chi connectivity index (χ1) is 9.51. The Bertz CT molecular complexity index is 606. The van der Waals surface area contributed by atoms with Crippen LogP contribution in [0.1, 0.15) is 16.7 Å². The number of aliphatic hydroxyl groups excluding tert-OH is 1. The zero-order valence-corrected chi connectivity index (χ0v) is 14.0. The van der Waals surface area contributed by atoms with Gasteiger partial charge in [-0.25, -0.2) is 4.39 Å². The molecule has 0 radical (unpaired) electrons. The largest absolute Gasteiger partial charge is 0.487 e. The topological polar surface area (TPSA) is 29.5 Å². The van der Waals surface area contributed by atoms with Gasteiger partial charge in [-0.15, -0.1) is 0 Å². The predicted octanol–water partition coefficient (Wildman–Crippen LogP) is 4.73. The van der Waals surface area contributed by atoms with Crippen molar-refractivity contribution in [2.24, 2.45) is 0 Å². The van der Waals surface area contributed by atoms with Crippen LogP contribution in [0.4, 0.5) is 4.39 Å². The summed E-state index contributed by atoms with van der Waals surface area (Å²) in [5.74, 6) is 0.409. The summed E-state index contributed by atoms with van der Waals surface area (Å²) in [6.45, 7) is 2.16. The predicted molar refractivity (Wildman–Crippen MR) is 83.2 cm³/mol. The van der Waals surface area contributed by atoms with E-state index in [2.05, 4.69) is 31.9 Å². The summed E-state index contributed by atoms with van der Waals surface area (Å²) < 4.78 is 20.3. The van der Waals surface area contributed by atoms with E-state index in [1.807, 2.05) is 6.92 Å². The molecular formula is C15H13Br2FO2. The molecule has 0 aliphatic carbocycles. The zero-order valence-electron chi connectivity index (χ0n) is 10.8. The number of rotatable bonds is 4. The standard InChI is InChI=1S/C15H13Br2FO2/c1-9-4-12(18)3-2-11(9)8-20-15-13(16)5-10(7-19)6-14(15)17/h2-6,19H,7-8H2,1H3. The van der Waals surface area contributed by atoms with E-state index in [0.29, 0.717) is 12.4 Å². The third-order valence-corrected chi connectivity index (χ3v) is 4.10. The summed E-state index contributed by atoms with van der Waals surface area (Å²) in [6.07, 6.45) is 0. The van der Waals surface area contributed by atoms with Crippen LogP contribution in [-0.4, -0.2) is 5.11 Å². The average Bonchev–Trinajstić information content (AvgIpc) is 2.39. The van der Waals surface area contributed by atoms with E-state index < -0.39 is 0 Å². The van der Waals surface area contributed by atoms with Crippen LogP contribution in [0.5, 0.6) is 5.75 Å². The van der Waals surface area contributed by atoms with Crippen LogP contribution < -0.4 is 4.74 Å². The highest BCUT2D eigenvalue weighted by molar-refractivity contribution is 9.11. The normalized spacial score (nSPS) is 10.7. The van der Waals surface area contributed by atoms with Gasteiger partial charge in [-0.1, -0.05) is 6.07 Å². The lowest BCUT2D eigenvalue weighted by Gasteiger charge is -2.13. The molecule has 20 heavy (non-hydrogen) atoms. The molecule has 2 aromatic carbocycles. The smallest absolute Gasteiger partial charge is 0.148 e. The van der Waals surface area contributed by atoms with Crippen LogP contribution in [0.2, 0.25) is 0 Å². The number of hydrogen-bond acceptors (Lipinski definition) is 2. The van der Waals surface area contributed by atoms with Crippen molar-refractivity contribution in [3.8, 4) is 5.75 Å². The Kier molecular flexibility index (Phi) is 5.18. The lowest BCUT2D eigenvalue weighted by molar-refractivity contribution is 0.280. The van der Waals surface area contributed by atoms with Crippen molar-refractivity contribution in [1.29, 1.82) is 0 Å². The van der Waals surface area contributed by atoms with E-state index in [1.54, 1.807) is 18.2 Å². The van der Waals surface area contributed by atoms with Gasteiger partial charge in [0.15, 0.2) is 0 Å². The second-order valence-electron chi connectivity index (χ2n) is 4.41. The molecule has 0 saturated heterocycles. The van der Waals surface area contributed by atoms with E-state index >= 15 is 0 Å². The van der Waals surface area contributed by atoms with Gasteiger partial charge in [-0.2, -0.15) is 0 Å². The number of hydrogen-bond donors (Lipinski definition) is 1.